The van der Waals surface area contributed by atoms with Crippen molar-refractivity contribution >= 4 is 23.5 Å². The number of carbonyl (C=O) groups excluding carboxylic acids is 1. The predicted octanol–water partition coefficient (Wildman–Crippen LogP) is 2.25. The summed E-state index contributed by atoms with van der Waals surface area (Å²) < 4.78 is 19.0. The molecule has 1 aromatic rings. The van der Waals surface area contributed by atoms with Gasteiger partial charge < -0.3 is 14.4 Å². The second-order valence-corrected chi connectivity index (χ2v) is 5.36. The van der Waals surface area contributed by atoms with E-state index in [4.69, 9.17) is 9.47 Å². The fourth-order valence-corrected chi connectivity index (χ4v) is 2.80. The summed E-state index contributed by atoms with van der Waals surface area (Å²) in [5.74, 6) is 0.843. The largest absolute Gasteiger partial charge is 0.466 e. The van der Waals surface area contributed by atoms with Gasteiger partial charge in [-0.15, -0.1) is 4.37 Å². The highest BCUT2D eigenvalue weighted by Gasteiger charge is 2.25. The lowest BCUT2D eigenvalue weighted by molar-refractivity contribution is -0.149. The Kier molecular flexibility index (Phi) is 5.58. The van der Waals surface area contributed by atoms with Gasteiger partial charge in [0.2, 0.25) is 5.82 Å². The number of hydrogen-bond acceptors (Lipinski definition) is 7. The van der Waals surface area contributed by atoms with Crippen LogP contribution < -0.4 is 9.64 Å². The van der Waals surface area contributed by atoms with E-state index in [9.17, 15) is 4.79 Å². The standard InChI is InChI=1S/C13H21N3O3S/c1-3-10(13(17)18-2)19-12-11(14-20-15-12)16-8-6-4-5-7-9-16/h10H,3-9H2,1-2H3. The van der Waals surface area contributed by atoms with Crippen molar-refractivity contribution in [1.82, 2.24) is 8.75 Å². The zero-order valence-electron chi connectivity index (χ0n) is 12.0. The van der Waals surface area contributed by atoms with Crippen LogP contribution in [-0.2, 0) is 9.53 Å². The predicted molar refractivity (Wildman–Crippen MR) is 77.3 cm³/mol. The summed E-state index contributed by atoms with van der Waals surface area (Å²) in [5, 5.41) is 0. The van der Waals surface area contributed by atoms with Gasteiger partial charge >= 0.3 is 5.97 Å². The molecular weight excluding hydrogens is 278 g/mol. The van der Waals surface area contributed by atoms with E-state index in [1.54, 1.807) is 0 Å². The van der Waals surface area contributed by atoms with E-state index in [0.717, 1.165) is 43.5 Å². The summed E-state index contributed by atoms with van der Waals surface area (Å²) in [6.07, 6.45) is 4.75. The van der Waals surface area contributed by atoms with Crippen molar-refractivity contribution < 1.29 is 14.3 Å². The average molecular weight is 299 g/mol. The van der Waals surface area contributed by atoms with E-state index >= 15 is 0 Å². The van der Waals surface area contributed by atoms with Crippen LogP contribution in [-0.4, -0.2) is 41.0 Å². The van der Waals surface area contributed by atoms with Crippen molar-refractivity contribution in [3.05, 3.63) is 0 Å². The van der Waals surface area contributed by atoms with Crippen LogP contribution in [0.2, 0.25) is 0 Å². The first-order valence-electron chi connectivity index (χ1n) is 7.08. The molecule has 0 aliphatic carbocycles. The van der Waals surface area contributed by atoms with E-state index in [2.05, 4.69) is 13.6 Å². The zero-order valence-corrected chi connectivity index (χ0v) is 12.8. The minimum absolute atomic E-state index is 0.373. The maximum absolute atomic E-state index is 11.6. The number of hydrogen-bond donors (Lipinski definition) is 0. The van der Waals surface area contributed by atoms with Gasteiger partial charge in [-0.25, -0.2) is 4.79 Å². The molecule has 1 aliphatic heterocycles. The number of esters is 1. The monoisotopic (exact) mass is 299 g/mol. The Labute approximate surface area is 123 Å². The van der Waals surface area contributed by atoms with Gasteiger partial charge in [-0.05, 0) is 19.3 Å². The van der Waals surface area contributed by atoms with Crippen molar-refractivity contribution in [3.63, 3.8) is 0 Å². The van der Waals surface area contributed by atoms with Gasteiger partial charge in [-0.2, -0.15) is 4.37 Å². The summed E-state index contributed by atoms with van der Waals surface area (Å²) in [5.41, 5.74) is 0. The van der Waals surface area contributed by atoms with Crippen molar-refractivity contribution in [2.75, 3.05) is 25.1 Å². The first kappa shape index (κ1) is 15.0. The first-order chi connectivity index (χ1) is 9.76. The number of anilines is 1. The molecule has 1 aromatic heterocycles. The third-order valence-corrected chi connectivity index (χ3v) is 3.94. The van der Waals surface area contributed by atoms with Gasteiger partial charge in [0.15, 0.2) is 6.10 Å². The lowest BCUT2D eigenvalue weighted by Crippen LogP contribution is -2.30. The molecular formula is C13H21N3O3S. The van der Waals surface area contributed by atoms with E-state index in [1.165, 1.54) is 20.0 Å². The Morgan fingerprint density at radius 1 is 1.30 bits per heavy atom. The Morgan fingerprint density at radius 2 is 2.00 bits per heavy atom. The van der Waals surface area contributed by atoms with Gasteiger partial charge in [-0.1, -0.05) is 19.8 Å². The van der Waals surface area contributed by atoms with Gasteiger partial charge in [0.05, 0.1) is 18.8 Å². The smallest absolute Gasteiger partial charge is 0.347 e. The Hall–Kier alpha value is -1.37. The molecule has 1 saturated heterocycles. The summed E-state index contributed by atoms with van der Waals surface area (Å²) >= 11 is 1.12. The number of carbonyl (C=O) groups is 1. The lowest BCUT2D eigenvalue weighted by Gasteiger charge is -2.21. The molecule has 1 aliphatic rings. The molecule has 0 N–H and O–H groups in total. The van der Waals surface area contributed by atoms with Gasteiger partial charge in [0, 0.05) is 13.1 Å². The van der Waals surface area contributed by atoms with Crippen LogP contribution in [0.5, 0.6) is 5.88 Å². The molecule has 0 bridgehead atoms. The minimum atomic E-state index is -0.616. The molecule has 0 saturated carbocycles. The first-order valence-corrected chi connectivity index (χ1v) is 7.81. The molecule has 112 valence electrons. The van der Waals surface area contributed by atoms with Crippen LogP contribution in [0.1, 0.15) is 39.0 Å². The molecule has 2 heterocycles. The quantitative estimate of drug-likeness (QED) is 0.777. The number of rotatable bonds is 5. The third kappa shape index (κ3) is 3.59. The Bertz CT molecular complexity index is 430. The molecule has 20 heavy (non-hydrogen) atoms. The topological polar surface area (TPSA) is 64.6 Å². The Morgan fingerprint density at radius 3 is 2.60 bits per heavy atom. The number of aromatic nitrogens is 2. The summed E-state index contributed by atoms with van der Waals surface area (Å²) in [4.78, 5) is 13.8. The van der Waals surface area contributed by atoms with Crippen LogP contribution in [0.25, 0.3) is 0 Å². The second-order valence-electron chi connectivity index (χ2n) is 4.83. The summed E-state index contributed by atoms with van der Waals surface area (Å²) in [7, 11) is 1.36. The van der Waals surface area contributed by atoms with Crippen molar-refractivity contribution in [2.24, 2.45) is 0 Å². The fourth-order valence-electron chi connectivity index (χ4n) is 2.29. The van der Waals surface area contributed by atoms with Crippen LogP contribution in [0.3, 0.4) is 0 Å². The van der Waals surface area contributed by atoms with Crippen LogP contribution >= 0.6 is 11.7 Å². The van der Waals surface area contributed by atoms with E-state index < -0.39 is 6.10 Å². The second kappa shape index (κ2) is 7.42. The van der Waals surface area contributed by atoms with E-state index in [0.29, 0.717) is 12.3 Å². The molecule has 0 spiro atoms. The maximum atomic E-state index is 11.6. The average Bonchev–Trinajstić information content (AvgIpc) is 2.76. The van der Waals surface area contributed by atoms with Gasteiger partial charge in [-0.3, -0.25) is 0 Å². The Balaban J connectivity index is 2.09. The van der Waals surface area contributed by atoms with Crippen molar-refractivity contribution in [3.8, 4) is 5.88 Å². The minimum Gasteiger partial charge on any atom is -0.466 e. The number of methoxy groups -OCH3 is 1. The van der Waals surface area contributed by atoms with Crippen LogP contribution in [0.4, 0.5) is 5.82 Å². The molecule has 0 amide bonds. The fraction of sp³-hybridized carbons (Fsp3) is 0.769. The third-order valence-electron chi connectivity index (χ3n) is 3.44. The highest BCUT2D eigenvalue weighted by molar-refractivity contribution is 6.99. The molecule has 7 heteroatoms. The molecule has 1 unspecified atom stereocenters. The van der Waals surface area contributed by atoms with E-state index in [-0.39, 0.29) is 5.97 Å². The molecule has 0 radical (unpaired) electrons. The molecule has 1 fully saturated rings. The normalized spacial score (nSPS) is 17.4. The van der Waals surface area contributed by atoms with Crippen LogP contribution in [0, 0.1) is 0 Å². The number of ether oxygens (including phenoxy) is 2. The summed E-state index contributed by atoms with van der Waals surface area (Å²) in [6, 6.07) is 0. The van der Waals surface area contributed by atoms with Crippen molar-refractivity contribution in [1.29, 1.82) is 0 Å². The molecule has 1 atom stereocenters. The highest BCUT2D eigenvalue weighted by Crippen LogP contribution is 2.29. The molecule has 2 rings (SSSR count). The molecule has 6 nitrogen and oxygen atoms in total. The number of nitrogens with zero attached hydrogens (tertiary/aromatic N) is 3. The van der Waals surface area contributed by atoms with Gasteiger partial charge in [0.1, 0.15) is 0 Å². The SMILES string of the molecule is CCC(Oc1nsnc1N1CCCCCC1)C(=O)OC. The van der Waals surface area contributed by atoms with Crippen molar-refractivity contribution in [2.45, 2.75) is 45.1 Å². The highest BCUT2D eigenvalue weighted by atomic mass is 32.1. The summed E-state index contributed by atoms with van der Waals surface area (Å²) in [6.45, 7) is 3.82. The van der Waals surface area contributed by atoms with Gasteiger partial charge in [0.25, 0.3) is 5.88 Å². The zero-order chi connectivity index (χ0) is 14.4. The maximum Gasteiger partial charge on any atom is 0.347 e. The molecule has 0 aromatic carbocycles. The van der Waals surface area contributed by atoms with E-state index in [1.807, 2.05) is 6.92 Å². The van der Waals surface area contributed by atoms with Crippen LogP contribution in [0.15, 0.2) is 0 Å². The lowest BCUT2D eigenvalue weighted by atomic mass is 10.2.